The summed E-state index contributed by atoms with van der Waals surface area (Å²) in [6, 6.07) is 13.9. The van der Waals surface area contributed by atoms with Gasteiger partial charge in [0.2, 0.25) is 10.0 Å². The third-order valence-electron chi connectivity index (χ3n) is 5.77. The van der Waals surface area contributed by atoms with Gasteiger partial charge in [-0.2, -0.15) is 4.31 Å². The minimum absolute atomic E-state index is 0.196. The average molecular weight is 445 g/mol. The zero-order valence-electron chi connectivity index (χ0n) is 18.5. The van der Waals surface area contributed by atoms with Crippen molar-refractivity contribution in [1.29, 1.82) is 0 Å². The minimum Gasteiger partial charge on any atom is -0.367 e. The maximum Gasteiger partial charge on any atom is 0.255 e. The summed E-state index contributed by atoms with van der Waals surface area (Å²) >= 11 is 0. The molecule has 8 heteroatoms. The lowest BCUT2D eigenvalue weighted by molar-refractivity contribution is 0.102. The molecule has 0 saturated carbocycles. The minimum atomic E-state index is -3.54. The molecule has 168 valence electrons. The number of amides is 1. The number of hydrogen-bond donors (Lipinski definition) is 1. The van der Waals surface area contributed by atoms with E-state index in [0.717, 1.165) is 44.1 Å². The lowest BCUT2D eigenvalue weighted by Crippen LogP contribution is -2.46. The lowest BCUT2D eigenvalue weighted by atomic mass is 10.1. The first-order chi connectivity index (χ1) is 14.9. The van der Waals surface area contributed by atoms with Gasteiger partial charge in [0.05, 0.1) is 16.3 Å². The third-order valence-corrected chi connectivity index (χ3v) is 7.84. The van der Waals surface area contributed by atoms with Crippen LogP contribution in [0.3, 0.4) is 0 Å². The molecule has 0 atom stereocenters. The molecular weight excluding hydrogens is 412 g/mol. The van der Waals surface area contributed by atoms with E-state index in [-0.39, 0.29) is 10.8 Å². The largest absolute Gasteiger partial charge is 0.367 e. The fraction of sp³-hybridized carbons (Fsp3) is 0.435. The number of hydrogen-bond acceptors (Lipinski definition) is 5. The Hall–Kier alpha value is -2.42. The van der Waals surface area contributed by atoms with Gasteiger partial charge in [-0.15, -0.1) is 0 Å². The number of likely N-dealkylation sites (N-methyl/N-ethyl adjacent to an activating group) is 1. The van der Waals surface area contributed by atoms with Gasteiger partial charge in [0, 0.05) is 44.8 Å². The van der Waals surface area contributed by atoms with E-state index in [1.165, 1.54) is 16.4 Å². The molecule has 0 unspecified atom stereocenters. The maximum absolute atomic E-state index is 12.9. The summed E-state index contributed by atoms with van der Waals surface area (Å²) in [4.78, 5) is 17.8. The highest BCUT2D eigenvalue weighted by Crippen LogP contribution is 2.27. The van der Waals surface area contributed by atoms with E-state index in [1.54, 1.807) is 12.1 Å². The van der Waals surface area contributed by atoms with Gasteiger partial charge in [0.15, 0.2) is 0 Å². The van der Waals surface area contributed by atoms with Gasteiger partial charge in [0.1, 0.15) is 0 Å². The van der Waals surface area contributed by atoms with Crippen molar-refractivity contribution < 1.29 is 13.2 Å². The Bertz CT molecular complexity index is 980. The Labute approximate surface area is 185 Å². The molecule has 1 heterocycles. The number of piperazine rings is 1. The molecular formula is C23H32N4O3S. The van der Waals surface area contributed by atoms with Crippen LogP contribution in [0.4, 0.5) is 11.4 Å². The predicted molar refractivity (Wildman–Crippen MR) is 125 cm³/mol. The summed E-state index contributed by atoms with van der Waals surface area (Å²) in [6.07, 6.45) is 0. The molecule has 7 nitrogen and oxygen atoms in total. The number of benzene rings is 2. The van der Waals surface area contributed by atoms with E-state index in [2.05, 4.69) is 22.0 Å². The van der Waals surface area contributed by atoms with E-state index < -0.39 is 10.0 Å². The van der Waals surface area contributed by atoms with E-state index in [9.17, 15) is 13.2 Å². The fourth-order valence-corrected chi connectivity index (χ4v) is 5.30. The van der Waals surface area contributed by atoms with Crippen LogP contribution in [0.2, 0.25) is 0 Å². The zero-order valence-corrected chi connectivity index (χ0v) is 19.4. The number of carbonyl (C=O) groups excluding carboxylic acids is 1. The van der Waals surface area contributed by atoms with Crippen LogP contribution in [0.5, 0.6) is 0 Å². The SMILES string of the molecule is CCN1CCN(c2ccccc2NC(=O)c2ccc(S(=O)(=O)N(CC)CC)cc2)CC1. The summed E-state index contributed by atoms with van der Waals surface area (Å²) in [5, 5.41) is 3.00. The molecule has 0 spiro atoms. The Kier molecular flexibility index (Phi) is 7.69. The number of rotatable bonds is 8. The highest BCUT2D eigenvalue weighted by Gasteiger charge is 2.22. The fourth-order valence-electron chi connectivity index (χ4n) is 3.85. The zero-order chi connectivity index (χ0) is 22.4. The number of carbonyl (C=O) groups is 1. The van der Waals surface area contributed by atoms with Crippen LogP contribution in [-0.2, 0) is 10.0 Å². The second kappa shape index (κ2) is 10.3. The highest BCUT2D eigenvalue weighted by atomic mass is 32.2. The number of para-hydroxylation sites is 2. The number of sulfonamides is 1. The van der Waals surface area contributed by atoms with Gasteiger partial charge < -0.3 is 15.1 Å². The van der Waals surface area contributed by atoms with Crippen molar-refractivity contribution in [2.45, 2.75) is 25.7 Å². The molecule has 1 N–H and O–H groups in total. The molecule has 1 aliphatic rings. The van der Waals surface area contributed by atoms with Crippen molar-refractivity contribution >= 4 is 27.3 Å². The Morgan fingerprint density at radius 1 is 0.935 bits per heavy atom. The van der Waals surface area contributed by atoms with E-state index in [0.29, 0.717) is 18.7 Å². The maximum atomic E-state index is 12.9. The van der Waals surface area contributed by atoms with Crippen LogP contribution in [0.25, 0.3) is 0 Å². The summed E-state index contributed by atoms with van der Waals surface area (Å²) in [5.74, 6) is -0.258. The number of nitrogens with one attached hydrogen (secondary N) is 1. The summed E-state index contributed by atoms with van der Waals surface area (Å²) in [7, 11) is -3.54. The van der Waals surface area contributed by atoms with E-state index in [1.807, 2.05) is 38.1 Å². The Morgan fingerprint density at radius 3 is 2.13 bits per heavy atom. The van der Waals surface area contributed by atoms with Gasteiger partial charge in [-0.1, -0.05) is 32.9 Å². The Balaban J connectivity index is 1.74. The molecule has 2 aromatic carbocycles. The summed E-state index contributed by atoms with van der Waals surface area (Å²) in [6.45, 7) is 11.5. The van der Waals surface area contributed by atoms with E-state index >= 15 is 0 Å². The number of anilines is 2. The lowest BCUT2D eigenvalue weighted by Gasteiger charge is -2.36. The van der Waals surface area contributed by atoms with Crippen molar-refractivity contribution in [3.05, 3.63) is 54.1 Å². The van der Waals surface area contributed by atoms with Crippen LogP contribution in [-0.4, -0.2) is 69.3 Å². The van der Waals surface area contributed by atoms with Crippen molar-refractivity contribution in [2.24, 2.45) is 0 Å². The quantitative estimate of drug-likeness (QED) is 0.677. The molecule has 1 amide bonds. The van der Waals surface area contributed by atoms with Gasteiger partial charge in [-0.3, -0.25) is 4.79 Å². The molecule has 0 aliphatic carbocycles. The van der Waals surface area contributed by atoms with Crippen molar-refractivity contribution in [2.75, 3.05) is 56.0 Å². The molecule has 1 aliphatic heterocycles. The van der Waals surface area contributed by atoms with Gasteiger partial charge >= 0.3 is 0 Å². The van der Waals surface area contributed by atoms with Crippen molar-refractivity contribution in [3.8, 4) is 0 Å². The molecule has 0 radical (unpaired) electrons. The molecule has 0 bridgehead atoms. The molecule has 0 aromatic heterocycles. The smallest absolute Gasteiger partial charge is 0.255 e. The first kappa shape index (κ1) is 23.2. The van der Waals surface area contributed by atoms with Crippen molar-refractivity contribution in [1.82, 2.24) is 9.21 Å². The third kappa shape index (κ3) is 5.26. The predicted octanol–water partition coefficient (Wildman–Crippen LogP) is 3.11. The molecule has 31 heavy (non-hydrogen) atoms. The summed E-state index contributed by atoms with van der Waals surface area (Å²) < 4.78 is 26.7. The van der Waals surface area contributed by atoms with Crippen molar-refractivity contribution in [3.63, 3.8) is 0 Å². The monoisotopic (exact) mass is 444 g/mol. The first-order valence-electron chi connectivity index (χ1n) is 10.9. The van der Waals surface area contributed by atoms with E-state index in [4.69, 9.17) is 0 Å². The standard InChI is InChI=1S/C23H32N4O3S/c1-4-25-15-17-26(18-16-25)22-10-8-7-9-21(22)24-23(28)19-11-13-20(14-12-19)31(29,30)27(5-2)6-3/h7-14H,4-6,15-18H2,1-3H3,(H,24,28). The normalized spacial score (nSPS) is 15.3. The van der Waals surface area contributed by atoms with Gasteiger partial charge in [-0.05, 0) is 42.9 Å². The molecule has 3 rings (SSSR count). The van der Waals surface area contributed by atoms with Crippen LogP contribution < -0.4 is 10.2 Å². The Morgan fingerprint density at radius 2 is 1.55 bits per heavy atom. The average Bonchev–Trinajstić information content (AvgIpc) is 2.80. The number of nitrogens with zero attached hydrogens (tertiary/aromatic N) is 3. The second-order valence-electron chi connectivity index (χ2n) is 7.51. The molecule has 1 saturated heterocycles. The second-order valence-corrected chi connectivity index (χ2v) is 9.44. The van der Waals surface area contributed by atoms with Crippen LogP contribution in [0, 0.1) is 0 Å². The topological polar surface area (TPSA) is 73.0 Å². The van der Waals surface area contributed by atoms with Gasteiger partial charge in [-0.25, -0.2) is 8.42 Å². The van der Waals surface area contributed by atoms with Crippen LogP contribution >= 0.6 is 0 Å². The van der Waals surface area contributed by atoms with Crippen LogP contribution in [0.1, 0.15) is 31.1 Å². The van der Waals surface area contributed by atoms with Crippen LogP contribution in [0.15, 0.2) is 53.4 Å². The van der Waals surface area contributed by atoms with Gasteiger partial charge in [0.25, 0.3) is 5.91 Å². The highest BCUT2D eigenvalue weighted by molar-refractivity contribution is 7.89. The first-order valence-corrected chi connectivity index (χ1v) is 12.3. The molecule has 2 aromatic rings. The summed E-state index contributed by atoms with van der Waals surface area (Å²) in [5.41, 5.74) is 2.19. The molecule has 1 fully saturated rings.